The Bertz CT molecular complexity index is 1000. The number of esters is 1. The quantitative estimate of drug-likeness (QED) is 0.368. The third kappa shape index (κ3) is 6.33. The zero-order valence-electron chi connectivity index (χ0n) is 18.8. The Balaban J connectivity index is 1.52. The SMILES string of the molecule is Cc1cc(CCOC2OC(C)C(OC(=O)/C=C/c3ccc(C)c(O)c3)C(O)C2O)ccc1O. The Labute approximate surface area is 192 Å². The third-order valence-electron chi connectivity index (χ3n) is 5.61. The Morgan fingerprint density at radius 1 is 1.03 bits per heavy atom. The predicted octanol–water partition coefficient (Wildman–Crippen LogP) is 2.37. The number of phenols is 2. The van der Waals surface area contributed by atoms with Crippen LogP contribution in [0.4, 0.5) is 0 Å². The highest BCUT2D eigenvalue weighted by molar-refractivity contribution is 5.87. The summed E-state index contributed by atoms with van der Waals surface area (Å²) >= 11 is 0. The number of aliphatic hydroxyl groups excluding tert-OH is 2. The number of phenolic OH excluding ortho intramolecular Hbond substituents is 2. The van der Waals surface area contributed by atoms with Gasteiger partial charge in [0, 0.05) is 6.08 Å². The molecule has 2 aromatic carbocycles. The van der Waals surface area contributed by atoms with E-state index in [2.05, 4.69) is 0 Å². The van der Waals surface area contributed by atoms with Gasteiger partial charge in [-0.3, -0.25) is 0 Å². The molecule has 4 N–H and O–H groups in total. The lowest BCUT2D eigenvalue weighted by molar-refractivity contribution is -0.294. The summed E-state index contributed by atoms with van der Waals surface area (Å²) in [5.41, 5.74) is 3.03. The normalized spacial score (nSPS) is 25.3. The fraction of sp³-hybridized carbons (Fsp3) is 0.400. The van der Waals surface area contributed by atoms with E-state index in [1.165, 1.54) is 18.2 Å². The van der Waals surface area contributed by atoms with Crippen molar-refractivity contribution in [2.45, 2.75) is 57.9 Å². The van der Waals surface area contributed by atoms with Gasteiger partial charge in [0.05, 0.1) is 12.7 Å². The molecule has 5 unspecified atom stereocenters. The van der Waals surface area contributed by atoms with Gasteiger partial charge in [-0.1, -0.05) is 24.3 Å². The zero-order valence-corrected chi connectivity index (χ0v) is 18.8. The van der Waals surface area contributed by atoms with Crippen LogP contribution in [0.15, 0.2) is 42.5 Å². The number of hydrogen-bond acceptors (Lipinski definition) is 8. The van der Waals surface area contributed by atoms with Gasteiger partial charge in [-0.25, -0.2) is 4.79 Å². The van der Waals surface area contributed by atoms with Crippen molar-refractivity contribution in [2.24, 2.45) is 0 Å². The van der Waals surface area contributed by atoms with Crippen molar-refractivity contribution >= 4 is 12.0 Å². The van der Waals surface area contributed by atoms with Crippen LogP contribution in [-0.4, -0.2) is 63.7 Å². The van der Waals surface area contributed by atoms with Gasteiger partial charge >= 0.3 is 5.97 Å². The summed E-state index contributed by atoms with van der Waals surface area (Å²) in [5, 5.41) is 40.3. The second kappa shape index (κ2) is 10.8. The molecule has 0 bridgehead atoms. The molecule has 1 heterocycles. The number of rotatable bonds is 7. The van der Waals surface area contributed by atoms with Crippen LogP contribution < -0.4 is 0 Å². The van der Waals surface area contributed by atoms with Crippen LogP contribution in [0.1, 0.15) is 29.2 Å². The van der Waals surface area contributed by atoms with Gasteiger partial charge in [0.1, 0.15) is 23.7 Å². The first-order valence-electron chi connectivity index (χ1n) is 10.8. The molecule has 33 heavy (non-hydrogen) atoms. The molecule has 1 fully saturated rings. The molecule has 1 saturated heterocycles. The monoisotopic (exact) mass is 458 g/mol. The molecule has 0 radical (unpaired) electrons. The molecule has 1 aliphatic heterocycles. The number of carbonyl (C=O) groups is 1. The van der Waals surface area contributed by atoms with Crippen LogP contribution in [0.5, 0.6) is 11.5 Å². The zero-order chi connectivity index (χ0) is 24.1. The van der Waals surface area contributed by atoms with E-state index < -0.39 is 36.7 Å². The minimum absolute atomic E-state index is 0.116. The van der Waals surface area contributed by atoms with E-state index in [0.29, 0.717) is 12.0 Å². The molecule has 2 aromatic rings. The van der Waals surface area contributed by atoms with Crippen molar-refractivity contribution in [1.82, 2.24) is 0 Å². The molecule has 8 nitrogen and oxygen atoms in total. The molecule has 5 atom stereocenters. The van der Waals surface area contributed by atoms with E-state index in [1.807, 2.05) is 6.07 Å². The number of carbonyl (C=O) groups excluding carboxylic acids is 1. The number of aliphatic hydroxyl groups is 2. The Morgan fingerprint density at radius 2 is 1.79 bits per heavy atom. The molecule has 0 aliphatic carbocycles. The van der Waals surface area contributed by atoms with Gasteiger partial charge < -0.3 is 34.6 Å². The van der Waals surface area contributed by atoms with Crippen LogP contribution in [0, 0.1) is 13.8 Å². The maximum atomic E-state index is 12.2. The van der Waals surface area contributed by atoms with E-state index >= 15 is 0 Å². The minimum Gasteiger partial charge on any atom is -0.508 e. The fourth-order valence-corrected chi connectivity index (χ4v) is 3.54. The van der Waals surface area contributed by atoms with Crippen LogP contribution in [0.25, 0.3) is 6.08 Å². The van der Waals surface area contributed by atoms with Gasteiger partial charge in [0.2, 0.25) is 0 Å². The minimum atomic E-state index is -1.40. The van der Waals surface area contributed by atoms with E-state index in [4.69, 9.17) is 14.2 Å². The predicted molar refractivity (Wildman–Crippen MR) is 121 cm³/mol. The highest BCUT2D eigenvalue weighted by Crippen LogP contribution is 2.25. The molecule has 3 rings (SSSR count). The summed E-state index contributed by atoms with van der Waals surface area (Å²) in [6.45, 7) is 5.41. The van der Waals surface area contributed by atoms with Crippen molar-refractivity contribution in [3.05, 3.63) is 64.7 Å². The van der Waals surface area contributed by atoms with Gasteiger partial charge in [-0.15, -0.1) is 0 Å². The summed E-state index contributed by atoms with van der Waals surface area (Å²) in [6.07, 6.45) is -2.49. The molecule has 1 aliphatic rings. The third-order valence-corrected chi connectivity index (χ3v) is 5.61. The summed E-state index contributed by atoms with van der Waals surface area (Å²) in [4.78, 5) is 12.2. The molecular weight excluding hydrogens is 428 g/mol. The summed E-state index contributed by atoms with van der Waals surface area (Å²) in [7, 11) is 0. The molecule has 0 saturated carbocycles. The average molecular weight is 459 g/mol. The van der Waals surface area contributed by atoms with Crippen LogP contribution >= 0.6 is 0 Å². The summed E-state index contributed by atoms with van der Waals surface area (Å²) in [5.74, 6) is -0.385. The van der Waals surface area contributed by atoms with Gasteiger partial charge in [-0.2, -0.15) is 0 Å². The molecule has 8 heteroatoms. The lowest BCUT2D eigenvalue weighted by atomic mass is 9.99. The Kier molecular flexibility index (Phi) is 8.10. The van der Waals surface area contributed by atoms with E-state index in [1.54, 1.807) is 45.0 Å². The second-order valence-corrected chi connectivity index (χ2v) is 8.21. The van der Waals surface area contributed by atoms with Gasteiger partial charge in [0.15, 0.2) is 12.4 Å². The van der Waals surface area contributed by atoms with Crippen molar-refractivity contribution in [3.63, 3.8) is 0 Å². The highest BCUT2D eigenvalue weighted by atomic mass is 16.7. The second-order valence-electron chi connectivity index (χ2n) is 8.21. The Hall–Kier alpha value is -2.91. The lowest BCUT2D eigenvalue weighted by Gasteiger charge is -2.40. The molecule has 0 amide bonds. The van der Waals surface area contributed by atoms with Crippen molar-refractivity contribution in [2.75, 3.05) is 6.61 Å². The van der Waals surface area contributed by atoms with Gasteiger partial charge in [0.25, 0.3) is 0 Å². The highest BCUT2D eigenvalue weighted by Gasteiger charge is 2.45. The molecule has 178 valence electrons. The topological polar surface area (TPSA) is 126 Å². The maximum Gasteiger partial charge on any atom is 0.331 e. The molecular formula is C25H30O8. The number of aryl methyl sites for hydroxylation is 2. The van der Waals surface area contributed by atoms with Crippen LogP contribution in [0.3, 0.4) is 0 Å². The maximum absolute atomic E-state index is 12.2. The van der Waals surface area contributed by atoms with Crippen molar-refractivity contribution in [1.29, 1.82) is 0 Å². The largest absolute Gasteiger partial charge is 0.508 e. The number of ether oxygens (including phenoxy) is 3. The van der Waals surface area contributed by atoms with E-state index in [0.717, 1.165) is 16.7 Å². The number of hydrogen-bond donors (Lipinski definition) is 4. The van der Waals surface area contributed by atoms with Crippen LogP contribution in [0.2, 0.25) is 0 Å². The van der Waals surface area contributed by atoms with E-state index in [-0.39, 0.29) is 18.1 Å². The smallest absolute Gasteiger partial charge is 0.331 e. The van der Waals surface area contributed by atoms with Crippen molar-refractivity contribution in [3.8, 4) is 11.5 Å². The fourth-order valence-electron chi connectivity index (χ4n) is 3.54. The summed E-state index contributed by atoms with van der Waals surface area (Å²) < 4.78 is 16.6. The average Bonchev–Trinajstić information content (AvgIpc) is 2.78. The first-order chi connectivity index (χ1) is 15.7. The lowest BCUT2D eigenvalue weighted by Crippen LogP contribution is -2.58. The van der Waals surface area contributed by atoms with Gasteiger partial charge in [-0.05, 0) is 67.7 Å². The molecule has 0 spiro atoms. The standard InChI is InChI=1S/C25H30O8/c1-14-4-5-17(13-20(14)27)7-9-21(28)33-24-16(3)32-25(23(30)22(24)29)31-11-10-18-6-8-19(26)15(2)12-18/h4-9,12-13,16,22-27,29-30H,10-11H2,1-3H3/b9-7+. The van der Waals surface area contributed by atoms with E-state index in [9.17, 15) is 25.2 Å². The molecule has 0 aromatic heterocycles. The summed E-state index contributed by atoms with van der Waals surface area (Å²) in [6, 6.07) is 10.2. The van der Waals surface area contributed by atoms with Crippen molar-refractivity contribution < 1.29 is 39.4 Å². The number of benzene rings is 2. The van der Waals surface area contributed by atoms with Crippen LogP contribution in [-0.2, 0) is 25.4 Å². The first-order valence-corrected chi connectivity index (χ1v) is 10.8. The Morgan fingerprint density at radius 3 is 2.48 bits per heavy atom. The first kappa shape index (κ1) is 24.7. The number of aromatic hydroxyl groups is 2.